The summed E-state index contributed by atoms with van der Waals surface area (Å²) < 4.78 is 12.8. The Morgan fingerprint density at radius 1 is 1.14 bits per heavy atom. The summed E-state index contributed by atoms with van der Waals surface area (Å²) in [4.78, 5) is 16.4. The lowest BCUT2D eigenvalue weighted by Gasteiger charge is -2.06. The average molecular weight is 298 g/mol. The minimum atomic E-state index is -0.334. The lowest BCUT2D eigenvalue weighted by Crippen LogP contribution is -2.11. The molecule has 3 aromatic rings. The summed E-state index contributed by atoms with van der Waals surface area (Å²) in [5.74, 6) is -0.571. The molecule has 1 N–H and O–H groups in total. The second-order valence-corrected chi connectivity index (χ2v) is 5.27. The largest absolute Gasteiger partial charge is 0.322 e. The molecule has 0 saturated heterocycles. The van der Waals surface area contributed by atoms with E-state index in [1.807, 2.05) is 17.5 Å². The number of nitrogens with one attached hydrogen (secondary N) is 1. The molecule has 0 spiro atoms. The fraction of sp³-hybridized carbons (Fsp3) is 0. The number of carbonyl (C=O) groups is 1. The Hall–Kier alpha value is -2.53. The van der Waals surface area contributed by atoms with Crippen LogP contribution in [-0.4, -0.2) is 10.9 Å². The van der Waals surface area contributed by atoms with Gasteiger partial charge in [0, 0.05) is 28.4 Å². The molecule has 0 atom stereocenters. The summed E-state index contributed by atoms with van der Waals surface area (Å²) in [7, 11) is 0. The van der Waals surface area contributed by atoms with Crippen molar-refractivity contribution in [3.05, 3.63) is 71.5 Å². The van der Waals surface area contributed by atoms with Crippen molar-refractivity contribution in [2.75, 3.05) is 5.32 Å². The zero-order valence-corrected chi connectivity index (χ0v) is 11.7. The van der Waals surface area contributed by atoms with Gasteiger partial charge >= 0.3 is 0 Å². The Morgan fingerprint density at radius 3 is 2.67 bits per heavy atom. The van der Waals surface area contributed by atoms with Gasteiger partial charge in [0.25, 0.3) is 5.91 Å². The number of aromatic nitrogens is 1. The number of anilines is 1. The Labute approximate surface area is 125 Å². The summed E-state index contributed by atoms with van der Waals surface area (Å²) in [6.07, 6.45) is 1.73. The van der Waals surface area contributed by atoms with E-state index in [2.05, 4.69) is 10.3 Å². The molecule has 0 unspecified atom stereocenters. The van der Waals surface area contributed by atoms with Crippen molar-refractivity contribution in [2.24, 2.45) is 0 Å². The first-order valence-electron chi connectivity index (χ1n) is 6.29. The fourth-order valence-electron chi connectivity index (χ4n) is 1.90. The van der Waals surface area contributed by atoms with Crippen LogP contribution >= 0.6 is 11.3 Å². The van der Waals surface area contributed by atoms with Gasteiger partial charge in [0.2, 0.25) is 0 Å². The quantitative estimate of drug-likeness (QED) is 0.787. The molecule has 3 nitrogen and oxygen atoms in total. The number of thiazole rings is 1. The van der Waals surface area contributed by atoms with E-state index in [1.165, 1.54) is 35.6 Å². The molecule has 0 bridgehead atoms. The van der Waals surface area contributed by atoms with Crippen LogP contribution in [0.4, 0.5) is 10.1 Å². The summed E-state index contributed by atoms with van der Waals surface area (Å²) in [5, 5.41) is 5.49. The second kappa shape index (κ2) is 5.85. The van der Waals surface area contributed by atoms with Gasteiger partial charge in [-0.3, -0.25) is 4.79 Å². The van der Waals surface area contributed by atoms with Gasteiger partial charge in [0.15, 0.2) is 0 Å². The van der Waals surface area contributed by atoms with E-state index in [-0.39, 0.29) is 11.7 Å². The first-order valence-corrected chi connectivity index (χ1v) is 7.17. The molecule has 2 aromatic carbocycles. The van der Waals surface area contributed by atoms with Gasteiger partial charge in [-0.2, -0.15) is 0 Å². The van der Waals surface area contributed by atoms with Crippen LogP contribution in [0, 0.1) is 5.82 Å². The number of nitrogens with zero attached hydrogens (tertiary/aromatic N) is 1. The first-order chi connectivity index (χ1) is 10.2. The lowest BCUT2D eigenvalue weighted by molar-refractivity contribution is 0.102. The Morgan fingerprint density at radius 2 is 1.95 bits per heavy atom. The van der Waals surface area contributed by atoms with Crippen LogP contribution in [0.5, 0.6) is 0 Å². The van der Waals surface area contributed by atoms with Gasteiger partial charge in [0.05, 0.1) is 0 Å². The molecule has 1 aromatic heterocycles. The summed E-state index contributed by atoms with van der Waals surface area (Å²) in [6, 6.07) is 12.9. The highest BCUT2D eigenvalue weighted by molar-refractivity contribution is 7.13. The van der Waals surface area contributed by atoms with Gasteiger partial charge in [-0.15, -0.1) is 11.3 Å². The van der Waals surface area contributed by atoms with E-state index in [9.17, 15) is 9.18 Å². The molecule has 21 heavy (non-hydrogen) atoms. The average Bonchev–Trinajstić information content (AvgIpc) is 3.04. The monoisotopic (exact) mass is 298 g/mol. The van der Waals surface area contributed by atoms with E-state index in [0.717, 1.165) is 10.6 Å². The molecule has 104 valence electrons. The van der Waals surface area contributed by atoms with Gasteiger partial charge in [0.1, 0.15) is 10.8 Å². The highest BCUT2D eigenvalue weighted by Crippen LogP contribution is 2.23. The third-order valence-corrected chi connectivity index (χ3v) is 3.73. The van der Waals surface area contributed by atoms with Crippen LogP contribution in [-0.2, 0) is 0 Å². The maximum Gasteiger partial charge on any atom is 0.255 e. The maximum absolute atomic E-state index is 12.8. The topological polar surface area (TPSA) is 42.0 Å². The minimum absolute atomic E-state index is 0.236. The van der Waals surface area contributed by atoms with Crippen LogP contribution < -0.4 is 5.32 Å². The number of halogens is 1. The van der Waals surface area contributed by atoms with Crippen LogP contribution in [0.25, 0.3) is 10.6 Å². The van der Waals surface area contributed by atoms with Crippen LogP contribution in [0.1, 0.15) is 10.4 Å². The third kappa shape index (κ3) is 3.14. The van der Waals surface area contributed by atoms with Gasteiger partial charge in [-0.25, -0.2) is 9.37 Å². The van der Waals surface area contributed by atoms with E-state index in [0.29, 0.717) is 11.3 Å². The summed E-state index contributed by atoms with van der Waals surface area (Å²) in [5.41, 5.74) is 1.99. The molecule has 5 heteroatoms. The second-order valence-electron chi connectivity index (χ2n) is 4.38. The zero-order valence-electron chi connectivity index (χ0n) is 10.9. The Balaban J connectivity index is 1.81. The van der Waals surface area contributed by atoms with Crippen LogP contribution in [0.15, 0.2) is 60.1 Å². The predicted molar refractivity (Wildman–Crippen MR) is 81.9 cm³/mol. The smallest absolute Gasteiger partial charge is 0.255 e. The first kappa shape index (κ1) is 13.5. The molecule has 0 fully saturated rings. The van der Waals surface area contributed by atoms with Crippen molar-refractivity contribution in [3.63, 3.8) is 0 Å². The molecule has 3 rings (SSSR count). The lowest BCUT2D eigenvalue weighted by atomic mass is 10.1. The summed E-state index contributed by atoms with van der Waals surface area (Å²) >= 11 is 1.52. The normalized spacial score (nSPS) is 10.3. The number of rotatable bonds is 3. The molecule has 0 saturated carbocycles. The van der Waals surface area contributed by atoms with Crippen molar-refractivity contribution in [1.82, 2.24) is 4.98 Å². The number of hydrogen-bond donors (Lipinski definition) is 1. The molecule has 0 aliphatic heterocycles. The Kier molecular flexibility index (Phi) is 3.75. The molecule has 1 amide bonds. The van der Waals surface area contributed by atoms with Crippen molar-refractivity contribution in [1.29, 1.82) is 0 Å². The standard InChI is InChI=1S/C16H11FN2OS/c17-13-4-6-14(7-5-13)19-15(20)11-2-1-3-12(10-11)16-18-8-9-21-16/h1-10H,(H,19,20). The van der Waals surface area contributed by atoms with Crippen molar-refractivity contribution in [3.8, 4) is 10.6 Å². The number of amides is 1. The maximum atomic E-state index is 12.8. The number of benzene rings is 2. The van der Waals surface area contributed by atoms with Gasteiger partial charge < -0.3 is 5.32 Å². The van der Waals surface area contributed by atoms with Gasteiger partial charge in [-0.1, -0.05) is 12.1 Å². The number of hydrogen-bond acceptors (Lipinski definition) is 3. The predicted octanol–water partition coefficient (Wildman–Crippen LogP) is 4.20. The molecule has 0 radical (unpaired) electrons. The van der Waals surface area contributed by atoms with Crippen LogP contribution in [0.3, 0.4) is 0 Å². The van der Waals surface area contributed by atoms with Crippen LogP contribution in [0.2, 0.25) is 0 Å². The van der Waals surface area contributed by atoms with Gasteiger partial charge in [-0.05, 0) is 36.4 Å². The fourth-order valence-corrected chi connectivity index (χ4v) is 2.53. The van der Waals surface area contributed by atoms with Crippen molar-refractivity contribution < 1.29 is 9.18 Å². The molecular formula is C16H11FN2OS. The minimum Gasteiger partial charge on any atom is -0.322 e. The van der Waals surface area contributed by atoms with E-state index >= 15 is 0 Å². The van der Waals surface area contributed by atoms with E-state index in [1.54, 1.807) is 18.3 Å². The molecular weight excluding hydrogens is 287 g/mol. The van der Waals surface area contributed by atoms with E-state index < -0.39 is 0 Å². The zero-order chi connectivity index (χ0) is 14.7. The number of carbonyl (C=O) groups excluding carboxylic acids is 1. The summed E-state index contributed by atoms with van der Waals surface area (Å²) in [6.45, 7) is 0. The third-order valence-electron chi connectivity index (χ3n) is 2.91. The highest BCUT2D eigenvalue weighted by atomic mass is 32.1. The molecule has 0 aliphatic carbocycles. The van der Waals surface area contributed by atoms with Crippen molar-refractivity contribution >= 4 is 22.9 Å². The molecule has 1 heterocycles. The SMILES string of the molecule is O=C(Nc1ccc(F)cc1)c1cccc(-c2nccs2)c1. The molecule has 0 aliphatic rings. The van der Waals surface area contributed by atoms with Crippen molar-refractivity contribution in [2.45, 2.75) is 0 Å². The van der Waals surface area contributed by atoms with E-state index in [4.69, 9.17) is 0 Å². The highest BCUT2D eigenvalue weighted by Gasteiger charge is 2.08. The Bertz CT molecular complexity index is 754.